The molecule has 1 aliphatic rings. The minimum atomic E-state index is 0. The molecule has 1 fully saturated rings. The summed E-state index contributed by atoms with van der Waals surface area (Å²) in [6.07, 6.45) is 4.55. The van der Waals surface area contributed by atoms with Gasteiger partial charge in [-0.3, -0.25) is 0 Å². The lowest BCUT2D eigenvalue weighted by atomic mass is 9.87. The second kappa shape index (κ2) is 4.94. The molecule has 10 heavy (non-hydrogen) atoms. The van der Waals surface area contributed by atoms with Crippen LogP contribution in [-0.4, -0.2) is 17.8 Å². The van der Waals surface area contributed by atoms with Gasteiger partial charge in [-0.15, -0.1) is 12.4 Å². The van der Waals surface area contributed by atoms with Crippen LogP contribution < -0.4 is 5.73 Å². The van der Waals surface area contributed by atoms with Crippen LogP contribution in [0.15, 0.2) is 0 Å². The first-order valence-corrected chi connectivity index (χ1v) is 3.69. The highest BCUT2D eigenvalue weighted by atomic mass is 35.5. The van der Waals surface area contributed by atoms with Crippen LogP contribution in [0.25, 0.3) is 0 Å². The second-order valence-electron chi connectivity index (χ2n) is 2.98. The lowest BCUT2D eigenvalue weighted by molar-refractivity contribution is 0.180. The van der Waals surface area contributed by atoms with E-state index >= 15 is 0 Å². The fourth-order valence-corrected chi connectivity index (χ4v) is 1.50. The lowest BCUT2D eigenvalue weighted by Crippen LogP contribution is -2.29. The first-order valence-electron chi connectivity index (χ1n) is 3.69. The Hall–Kier alpha value is 0.210. The van der Waals surface area contributed by atoms with Crippen LogP contribution in [0.5, 0.6) is 0 Å². The number of aliphatic hydroxyl groups is 1. The third-order valence-electron chi connectivity index (χ3n) is 2.08. The largest absolute Gasteiger partial charge is 0.396 e. The van der Waals surface area contributed by atoms with E-state index in [1.54, 1.807) is 0 Å². The van der Waals surface area contributed by atoms with Crippen LogP contribution in [0, 0.1) is 5.92 Å². The molecule has 0 bridgehead atoms. The maximum atomic E-state index is 8.75. The summed E-state index contributed by atoms with van der Waals surface area (Å²) in [5, 5.41) is 8.75. The van der Waals surface area contributed by atoms with Crippen LogP contribution in [-0.2, 0) is 0 Å². The van der Waals surface area contributed by atoms with Gasteiger partial charge in [0.25, 0.3) is 0 Å². The first-order chi connectivity index (χ1) is 4.33. The van der Waals surface area contributed by atoms with Crippen molar-refractivity contribution < 1.29 is 5.11 Å². The summed E-state index contributed by atoms with van der Waals surface area (Å²) < 4.78 is 0. The molecule has 1 saturated carbocycles. The van der Waals surface area contributed by atoms with Gasteiger partial charge in [0.15, 0.2) is 0 Å². The molecule has 0 aromatic carbocycles. The molecule has 0 aliphatic heterocycles. The number of halogens is 1. The fraction of sp³-hybridized carbons (Fsp3) is 1.00. The van der Waals surface area contributed by atoms with Crippen molar-refractivity contribution in [3.8, 4) is 0 Å². The van der Waals surface area contributed by atoms with E-state index in [9.17, 15) is 0 Å². The van der Waals surface area contributed by atoms with Gasteiger partial charge in [-0.05, 0) is 25.2 Å². The Morgan fingerprint density at radius 3 is 2.50 bits per heavy atom. The molecule has 2 unspecified atom stereocenters. The SMILES string of the molecule is Cl.NC1CCCC(CO)C1. The van der Waals surface area contributed by atoms with Gasteiger partial charge in [-0.2, -0.15) is 0 Å². The van der Waals surface area contributed by atoms with Crippen molar-refractivity contribution in [2.75, 3.05) is 6.61 Å². The maximum Gasteiger partial charge on any atom is 0.0459 e. The molecule has 3 heteroatoms. The molecule has 0 amide bonds. The predicted octanol–water partition coefficient (Wildman–Crippen LogP) is 0.918. The van der Waals surface area contributed by atoms with Gasteiger partial charge >= 0.3 is 0 Å². The van der Waals surface area contributed by atoms with E-state index in [-0.39, 0.29) is 12.4 Å². The summed E-state index contributed by atoms with van der Waals surface area (Å²) in [6.45, 7) is 0.327. The van der Waals surface area contributed by atoms with Gasteiger partial charge in [-0.1, -0.05) is 6.42 Å². The van der Waals surface area contributed by atoms with E-state index in [1.807, 2.05) is 0 Å². The van der Waals surface area contributed by atoms with Gasteiger partial charge in [0.2, 0.25) is 0 Å². The van der Waals surface area contributed by atoms with Gasteiger partial charge in [0.1, 0.15) is 0 Å². The summed E-state index contributed by atoms with van der Waals surface area (Å²) in [7, 11) is 0. The Morgan fingerprint density at radius 2 is 2.10 bits per heavy atom. The summed E-state index contributed by atoms with van der Waals surface area (Å²) in [5.41, 5.74) is 5.69. The maximum absolute atomic E-state index is 8.75. The summed E-state index contributed by atoms with van der Waals surface area (Å²) in [4.78, 5) is 0. The molecule has 0 spiro atoms. The molecule has 0 saturated heterocycles. The average molecular weight is 166 g/mol. The zero-order valence-electron chi connectivity index (χ0n) is 6.12. The lowest BCUT2D eigenvalue weighted by Gasteiger charge is -2.24. The predicted molar refractivity (Wildman–Crippen MR) is 44.3 cm³/mol. The third kappa shape index (κ3) is 2.86. The van der Waals surface area contributed by atoms with Crippen molar-refractivity contribution in [1.82, 2.24) is 0 Å². The van der Waals surface area contributed by atoms with E-state index < -0.39 is 0 Å². The zero-order valence-corrected chi connectivity index (χ0v) is 6.94. The fourth-order valence-electron chi connectivity index (χ4n) is 1.50. The monoisotopic (exact) mass is 165 g/mol. The molecule has 1 rings (SSSR count). The first kappa shape index (κ1) is 10.2. The normalized spacial score (nSPS) is 33.0. The number of nitrogens with two attached hydrogens (primary N) is 1. The Balaban J connectivity index is 0.000000810. The highest BCUT2D eigenvalue weighted by Gasteiger charge is 2.17. The standard InChI is InChI=1S/C7H15NO.ClH/c8-7-3-1-2-6(4-7)5-9;/h6-7,9H,1-5,8H2;1H. The minimum absolute atomic E-state index is 0. The summed E-state index contributed by atoms with van der Waals surface area (Å²) >= 11 is 0. The molecule has 1 aliphatic carbocycles. The second-order valence-corrected chi connectivity index (χ2v) is 2.98. The molecule has 0 heterocycles. The molecule has 0 aromatic rings. The van der Waals surface area contributed by atoms with E-state index in [4.69, 9.17) is 10.8 Å². The van der Waals surface area contributed by atoms with Crippen LogP contribution in [0.3, 0.4) is 0 Å². The molecule has 0 aromatic heterocycles. The minimum Gasteiger partial charge on any atom is -0.396 e. The molecule has 3 N–H and O–H groups in total. The molecule has 62 valence electrons. The van der Waals surface area contributed by atoms with Crippen LogP contribution in [0.4, 0.5) is 0 Å². The van der Waals surface area contributed by atoms with Crippen molar-refractivity contribution in [3.63, 3.8) is 0 Å². The van der Waals surface area contributed by atoms with Gasteiger partial charge in [-0.25, -0.2) is 0 Å². The Morgan fingerprint density at radius 1 is 1.40 bits per heavy atom. The number of hydrogen-bond acceptors (Lipinski definition) is 2. The summed E-state index contributed by atoms with van der Waals surface area (Å²) in [6, 6.07) is 0.357. The summed E-state index contributed by atoms with van der Waals surface area (Å²) in [5.74, 6) is 0.494. The quantitative estimate of drug-likeness (QED) is 0.607. The van der Waals surface area contributed by atoms with Crippen LogP contribution in [0.2, 0.25) is 0 Å². The van der Waals surface area contributed by atoms with Gasteiger partial charge < -0.3 is 10.8 Å². The Bertz CT molecular complexity index is 89.7. The van der Waals surface area contributed by atoms with E-state index in [1.165, 1.54) is 12.8 Å². The highest BCUT2D eigenvalue weighted by Crippen LogP contribution is 2.21. The Labute approximate surface area is 68.2 Å². The molecule has 0 radical (unpaired) electrons. The van der Waals surface area contributed by atoms with Crippen LogP contribution >= 0.6 is 12.4 Å². The van der Waals surface area contributed by atoms with Crippen molar-refractivity contribution in [2.45, 2.75) is 31.7 Å². The van der Waals surface area contributed by atoms with Gasteiger partial charge in [0, 0.05) is 12.6 Å². The number of rotatable bonds is 1. The molecular weight excluding hydrogens is 150 g/mol. The van der Waals surface area contributed by atoms with E-state index in [0.29, 0.717) is 18.6 Å². The molecular formula is C7H16ClNO. The number of aliphatic hydroxyl groups excluding tert-OH is 1. The van der Waals surface area contributed by atoms with Gasteiger partial charge in [0.05, 0.1) is 0 Å². The Kier molecular flexibility index (Phi) is 5.04. The van der Waals surface area contributed by atoms with Crippen molar-refractivity contribution in [1.29, 1.82) is 0 Å². The number of hydrogen-bond donors (Lipinski definition) is 2. The third-order valence-corrected chi connectivity index (χ3v) is 2.08. The molecule has 2 nitrogen and oxygen atoms in total. The van der Waals surface area contributed by atoms with Crippen LogP contribution in [0.1, 0.15) is 25.7 Å². The topological polar surface area (TPSA) is 46.2 Å². The van der Waals surface area contributed by atoms with Crippen molar-refractivity contribution in [2.24, 2.45) is 11.7 Å². The van der Waals surface area contributed by atoms with Crippen molar-refractivity contribution in [3.05, 3.63) is 0 Å². The average Bonchev–Trinajstić information content (AvgIpc) is 1.88. The molecule has 2 atom stereocenters. The zero-order chi connectivity index (χ0) is 6.69. The van der Waals surface area contributed by atoms with E-state index in [0.717, 1.165) is 12.8 Å². The highest BCUT2D eigenvalue weighted by molar-refractivity contribution is 5.85. The van der Waals surface area contributed by atoms with Crippen molar-refractivity contribution >= 4 is 12.4 Å². The van der Waals surface area contributed by atoms with E-state index in [2.05, 4.69) is 0 Å². The smallest absolute Gasteiger partial charge is 0.0459 e.